The van der Waals surface area contributed by atoms with Gasteiger partial charge in [0.15, 0.2) is 5.82 Å². The lowest BCUT2D eigenvalue weighted by molar-refractivity contribution is 0.0641. The molecule has 1 unspecified atom stereocenters. The summed E-state index contributed by atoms with van der Waals surface area (Å²) in [6.45, 7) is 4.78. The summed E-state index contributed by atoms with van der Waals surface area (Å²) in [5, 5.41) is 7.98. The first kappa shape index (κ1) is 18.0. The van der Waals surface area contributed by atoms with Gasteiger partial charge in [-0.15, -0.1) is 5.10 Å². The van der Waals surface area contributed by atoms with Crippen LogP contribution in [-0.2, 0) is 4.74 Å². The molecule has 1 saturated carbocycles. The topological polar surface area (TPSA) is 76.7 Å². The molecule has 3 aromatic rings. The zero-order chi connectivity index (χ0) is 20.1. The summed E-state index contributed by atoms with van der Waals surface area (Å²) in [7, 11) is 0. The second-order valence-electron chi connectivity index (χ2n) is 8.78. The molecule has 0 bridgehead atoms. The molecule has 30 heavy (non-hydrogen) atoms. The molecule has 1 atom stereocenters. The summed E-state index contributed by atoms with van der Waals surface area (Å²) in [5.41, 5.74) is 5.62. The van der Waals surface area contributed by atoms with E-state index < -0.39 is 0 Å². The van der Waals surface area contributed by atoms with Gasteiger partial charge in [0.25, 0.3) is 0 Å². The van der Waals surface area contributed by atoms with Crippen LogP contribution in [0.1, 0.15) is 45.5 Å². The molecule has 5 heterocycles. The second kappa shape index (κ2) is 7.16. The summed E-state index contributed by atoms with van der Waals surface area (Å²) in [6, 6.07) is 4.38. The van der Waals surface area contributed by atoms with E-state index in [1.807, 2.05) is 23.1 Å². The van der Waals surface area contributed by atoms with Crippen molar-refractivity contribution in [2.45, 2.75) is 38.5 Å². The first-order valence-electron chi connectivity index (χ1n) is 11.0. The molecular weight excluding hydrogens is 376 g/mol. The van der Waals surface area contributed by atoms with Crippen molar-refractivity contribution >= 4 is 23.0 Å². The van der Waals surface area contributed by atoms with Crippen LogP contribution in [0.2, 0.25) is 0 Å². The van der Waals surface area contributed by atoms with E-state index in [4.69, 9.17) is 14.7 Å². The highest BCUT2D eigenvalue weighted by atomic mass is 16.5. The number of hydrogen-bond donors (Lipinski definition) is 1. The van der Waals surface area contributed by atoms with Crippen molar-refractivity contribution in [1.29, 1.82) is 0 Å². The molecule has 0 radical (unpaired) electrons. The van der Waals surface area contributed by atoms with Gasteiger partial charge in [0.05, 0.1) is 11.7 Å². The second-order valence-corrected chi connectivity index (χ2v) is 8.78. The number of rotatable bonds is 5. The zero-order valence-electron chi connectivity index (χ0n) is 17.2. The van der Waals surface area contributed by atoms with Crippen LogP contribution in [0.4, 0.5) is 11.8 Å². The molecule has 0 amide bonds. The molecule has 1 saturated heterocycles. The highest BCUT2D eigenvalue weighted by molar-refractivity contribution is 5.96. The van der Waals surface area contributed by atoms with Gasteiger partial charge >= 0.3 is 0 Å². The average Bonchev–Trinajstić information content (AvgIpc) is 3.42. The lowest BCUT2D eigenvalue weighted by Gasteiger charge is -2.28. The first-order valence-corrected chi connectivity index (χ1v) is 11.0. The number of hydrogen-bond acceptors (Lipinski definition) is 6. The quantitative estimate of drug-likeness (QED) is 0.679. The Balaban J connectivity index is 0.00000204. The Morgan fingerprint density at radius 2 is 2.03 bits per heavy atom. The van der Waals surface area contributed by atoms with E-state index in [0.29, 0.717) is 17.8 Å². The number of aromatic nitrogens is 4. The normalized spacial score (nSPS) is 21.6. The predicted molar refractivity (Wildman–Crippen MR) is 119 cm³/mol. The van der Waals surface area contributed by atoms with Crippen molar-refractivity contribution in [2.24, 2.45) is 16.8 Å². The number of pyridine rings is 1. The Bertz CT molecular complexity index is 1130. The SMILES string of the molecule is CC1=Nc2ncc(-c3ccn4nc(NCC5CC5)ncc34)cc2C1C1CCOCC1.[HH]. The summed E-state index contributed by atoms with van der Waals surface area (Å²) in [5.74, 6) is 3.28. The van der Waals surface area contributed by atoms with Crippen molar-refractivity contribution in [3.05, 3.63) is 36.3 Å². The molecule has 0 aromatic carbocycles. The van der Waals surface area contributed by atoms with Crippen LogP contribution in [0.25, 0.3) is 16.6 Å². The molecule has 6 rings (SSSR count). The van der Waals surface area contributed by atoms with E-state index in [2.05, 4.69) is 34.5 Å². The summed E-state index contributed by atoms with van der Waals surface area (Å²) >= 11 is 0. The minimum atomic E-state index is 0. The van der Waals surface area contributed by atoms with Gasteiger partial charge in [-0.3, -0.25) is 0 Å². The van der Waals surface area contributed by atoms with E-state index in [0.717, 1.165) is 61.0 Å². The highest BCUT2D eigenvalue weighted by Crippen LogP contribution is 2.43. The monoisotopic (exact) mass is 404 g/mol. The molecule has 3 aliphatic rings. The Hall–Kier alpha value is -2.80. The summed E-state index contributed by atoms with van der Waals surface area (Å²) in [4.78, 5) is 14.0. The fraction of sp³-hybridized carbons (Fsp3) is 0.478. The third-order valence-corrected chi connectivity index (χ3v) is 6.67. The molecule has 1 aliphatic carbocycles. The molecule has 2 aliphatic heterocycles. The van der Waals surface area contributed by atoms with Crippen LogP contribution in [0.3, 0.4) is 0 Å². The predicted octanol–water partition coefficient (Wildman–Crippen LogP) is 4.48. The van der Waals surface area contributed by atoms with Crippen molar-refractivity contribution in [1.82, 2.24) is 19.6 Å². The Labute approximate surface area is 177 Å². The average molecular weight is 405 g/mol. The molecule has 3 aromatic heterocycles. The maximum absolute atomic E-state index is 5.58. The molecule has 7 heteroatoms. The fourth-order valence-electron chi connectivity index (χ4n) is 4.83. The van der Waals surface area contributed by atoms with Gasteiger partial charge < -0.3 is 10.1 Å². The summed E-state index contributed by atoms with van der Waals surface area (Å²) < 4.78 is 7.48. The van der Waals surface area contributed by atoms with Gasteiger partial charge in [0.2, 0.25) is 5.95 Å². The molecule has 0 spiro atoms. The van der Waals surface area contributed by atoms with Crippen LogP contribution in [0.15, 0.2) is 35.7 Å². The number of anilines is 1. The minimum Gasteiger partial charge on any atom is -0.381 e. The largest absolute Gasteiger partial charge is 0.381 e. The number of ether oxygens (including phenoxy) is 1. The number of fused-ring (bicyclic) bond motifs is 2. The third-order valence-electron chi connectivity index (χ3n) is 6.67. The number of nitrogens with zero attached hydrogens (tertiary/aromatic N) is 5. The number of aliphatic imine (C=N–C) groups is 1. The molecule has 1 N–H and O–H groups in total. The van der Waals surface area contributed by atoms with Gasteiger partial charge in [-0.1, -0.05) is 0 Å². The number of nitrogens with one attached hydrogen (secondary N) is 1. The molecule has 156 valence electrons. The zero-order valence-corrected chi connectivity index (χ0v) is 17.2. The lowest BCUT2D eigenvalue weighted by Crippen LogP contribution is -2.24. The van der Waals surface area contributed by atoms with Crippen LogP contribution in [0.5, 0.6) is 0 Å². The Kier molecular flexibility index (Phi) is 4.30. The standard InChI is InChI=1S/C23H26N6O.H2/c1-14-21(16-5-8-30-9-6-16)19-10-17(12-24-22(19)27-14)18-4-7-29-20(18)13-26-23(28-29)25-11-15-2-3-15;/h4,7,10,12-13,15-16,21H,2-3,5-6,8-9,11H2,1H3,(H,25,28);1H. The third kappa shape index (κ3) is 3.17. The van der Waals surface area contributed by atoms with Crippen molar-refractivity contribution in [2.75, 3.05) is 25.1 Å². The Morgan fingerprint density at radius 1 is 1.17 bits per heavy atom. The van der Waals surface area contributed by atoms with E-state index in [-0.39, 0.29) is 1.43 Å². The molecular formula is C23H28N6O. The van der Waals surface area contributed by atoms with Gasteiger partial charge in [0, 0.05) is 61.9 Å². The first-order chi connectivity index (χ1) is 14.8. The Morgan fingerprint density at radius 3 is 2.87 bits per heavy atom. The maximum Gasteiger partial charge on any atom is 0.241 e. The van der Waals surface area contributed by atoms with Crippen molar-refractivity contribution in [3.63, 3.8) is 0 Å². The fourth-order valence-corrected chi connectivity index (χ4v) is 4.83. The van der Waals surface area contributed by atoms with Crippen molar-refractivity contribution in [3.8, 4) is 11.1 Å². The van der Waals surface area contributed by atoms with Gasteiger partial charge in [-0.05, 0) is 56.6 Å². The van der Waals surface area contributed by atoms with Crippen LogP contribution in [0, 0.1) is 11.8 Å². The van der Waals surface area contributed by atoms with Gasteiger partial charge in [0.1, 0.15) is 0 Å². The van der Waals surface area contributed by atoms with E-state index in [1.165, 1.54) is 24.1 Å². The van der Waals surface area contributed by atoms with Crippen LogP contribution >= 0.6 is 0 Å². The summed E-state index contributed by atoms with van der Waals surface area (Å²) in [6.07, 6.45) is 10.6. The molecule has 7 nitrogen and oxygen atoms in total. The van der Waals surface area contributed by atoms with Crippen LogP contribution in [-0.4, -0.2) is 45.1 Å². The smallest absolute Gasteiger partial charge is 0.241 e. The maximum atomic E-state index is 5.58. The molecule has 2 fully saturated rings. The van der Waals surface area contributed by atoms with E-state index in [9.17, 15) is 0 Å². The highest BCUT2D eigenvalue weighted by Gasteiger charge is 2.34. The van der Waals surface area contributed by atoms with Crippen LogP contribution < -0.4 is 5.32 Å². The van der Waals surface area contributed by atoms with E-state index in [1.54, 1.807) is 0 Å². The van der Waals surface area contributed by atoms with E-state index >= 15 is 0 Å². The lowest BCUT2D eigenvalue weighted by atomic mass is 9.80. The van der Waals surface area contributed by atoms with Crippen molar-refractivity contribution < 1.29 is 6.16 Å². The minimum absolute atomic E-state index is 0. The van der Waals surface area contributed by atoms with Gasteiger partial charge in [-0.2, -0.15) is 0 Å². The van der Waals surface area contributed by atoms with Gasteiger partial charge in [-0.25, -0.2) is 19.5 Å².